The Labute approximate surface area is 137 Å². The lowest BCUT2D eigenvalue weighted by Gasteiger charge is -2.33. The van der Waals surface area contributed by atoms with Gasteiger partial charge in [-0.2, -0.15) is 0 Å². The van der Waals surface area contributed by atoms with Gasteiger partial charge in [0, 0.05) is 24.8 Å². The molecule has 0 saturated carbocycles. The van der Waals surface area contributed by atoms with Gasteiger partial charge in [0.1, 0.15) is 12.9 Å². The van der Waals surface area contributed by atoms with Gasteiger partial charge in [-0.1, -0.05) is 6.07 Å². The SMILES string of the molecule is O=C(O)CN(C(=O)c1cccc(-n2cnnn2)c1)C1CCOCC1. The number of tetrazole rings is 1. The number of carboxylic acid groups (broad SMARTS) is 1. The lowest BCUT2D eigenvalue weighted by atomic mass is 10.0. The van der Waals surface area contributed by atoms with Crippen LogP contribution in [0.2, 0.25) is 0 Å². The predicted octanol–water partition coefficient (Wildman–Crippen LogP) is 0.368. The summed E-state index contributed by atoms with van der Waals surface area (Å²) in [5, 5.41) is 20.1. The zero-order valence-corrected chi connectivity index (χ0v) is 12.9. The van der Waals surface area contributed by atoms with Crippen LogP contribution in [0.5, 0.6) is 0 Å². The van der Waals surface area contributed by atoms with E-state index in [4.69, 9.17) is 9.84 Å². The quantitative estimate of drug-likeness (QED) is 0.842. The summed E-state index contributed by atoms with van der Waals surface area (Å²) in [6, 6.07) is 6.65. The van der Waals surface area contributed by atoms with E-state index in [1.807, 2.05) is 0 Å². The van der Waals surface area contributed by atoms with Crippen molar-refractivity contribution < 1.29 is 19.4 Å². The first-order valence-corrected chi connectivity index (χ1v) is 7.59. The van der Waals surface area contributed by atoms with Crippen molar-refractivity contribution in [1.82, 2.24) is 25.1 Å². The zero-order valence-electron chi connectivity index (χ0n) is 12.9. The first kappa shape index (κ1) is 16.1. The van der Waals surface area contributed by atoms with Crippen molar-refractivity contribution in [3.8, 4) is 5.69 Å². The van der Waals surface area contributed by atoms with Gasteiger partial charge < -0.3 is 14.7 Å². The third-order valence-electron chi connectivity index (χ3n) is 3.90. The van der Waals surface area contributed by atoms with E-state index < -0.39 is 5.97 Å². The molecule has 1 amide bonds. The molecular weight excluding hydrogens is 314 g/mol. The number of amides is 1. The summed E-state index contributed by atoms with van der Waals surface area (Å²) in [4.78, 5) is 25.5. The average Bonchev–Trinajstić information content (AvgIpc) is 3.14. The maximum absolute atomic E-state index is 12.9. The molecule has 126 valence electrons. The number of hydrogen-bond donors (Lipinski definition) is 1. The summed E-state index contributed by atoms with van der Waals surface area (Å²) in [6.45, 7) is 0.718. The van der Waals surface area contributed by atoms with Gasteiger partial charge in [0.15, 0.2) is 0 Å². The first-order valence-electron chi connectivity index (χ1n) is 7.59. The fourth-order valence-corrected chi connectivity index (χ4v) is 2.74. The highest BCUT2D eigenvalue weighted by molar-refractivity contribution is 5.96. The minimum Gasteiger partial charge on any atom is -0.480 e. The molecule has 9 nitrogen and oxygen atoms in total. The molecule has 0 spiro atoms. The highest BCUT2D eigenvalue weighted by Crippen LogP contribution is 2.19. The summed E-state index contributed by atoms with van der Waals surface area (Å²) in [5.41, 5.74) is 1.03. The predicted molar refractivity (Wildman–Crippen MR) is 81.7 cm³/mol. The van der Waals surface area contributed by atoms with E-state index in [9.17, 15) is 9.59 Å². The molecule has 1 aromatic carbocycles. The van der Waals surface area contributed by atoms with E-state index in [-0.39, 0.29) is 18.5 Å². The monoisotopic (exact) mass is 331 g/mol. The summed E-state index contributed by atoms with van der Waals surface area (Å²) < 4.78 is 6.73. The average molecular weight is 331 g/mol. The summed E-state index contributed by atoms with van der Waals surface area (Å²) in [5.74, 6) is -1.36. The number of hydrogen-bond acceptors (Lipinski definition) is 6. The minimum absolute atomic E-state index is 0.140. The van der Waals surface area contributed by atoms with Gasteiger partial charge in [-0.15, -0.1) is 5.10 Å². The van der Waals surface area contributed by atoms with Gasteiger partial charge in [-0.05, 0) is 41.5 Å². The number of rotatable bonds is 5. The van der Waals surface area contributed by atoms with Crippen LogP contribution in [0.3, 0.4) is 0 Å². The molecule has 1 aliphatic heterocycles. The van der Waals surface area contributed by atoms with Gasteiger partial charge in [0.2, 0.25) is 0 Å². The van der Waals surface area contributed by atoms with Crippen LogP contribution in [0.15, 0.2) is 30.6 Å². The second-order valence-electron chi connectivity index (χ2n) is 5.48. The Bertz CT molecular complexity index is 712. The molecule has 1 aromatic heterocycles. The molecule has 0 bridgehead atoms. The molecule has 24 heavy (non-hydrogen) atoms. The number of aliphatic carboxylic acids is 1. The van der Waals surface area contributed by atoms with Crippen molar-refractivity contribution >= 4 is 11.9 Å². The standard InChI is InChI=1S/C15H17N5O4/c21-14(22)9-19(12-4-6-24-7-5-12)15(23)11-2-1-3-13(8-11)20-10-16-17-18-20/h1-3,8,10,12H,4-7,9H2,(H,21,22). The van der Waals surface area contributed by atoms with Crippen molar-refractivity contribution in [2.24, 2.45) is 0 Å². The van der Waals surface area contributed by atoms with Crippen molar-refractivity contribution in [1.29, 1.82) is 0 Å². The molecule has 1 aliphatic rings. The maximum atomic E-state index is 12.9. The number of carbonyl (C=O) groups is 2. The number of ether oxygens (including phenoxy) is 1. The second-order valence-corrected chi connectivity index (χ2v) is 5.48. The van der Waals surface area contributed by atoms with E-state index in [1.54, 1.807) is 24.3 Å². The Balaban J connectivity index is 1.86. The van der Waals surface area contributed by atoms with E-state index in [0.29, 0.717) is 37.3 Å². The number of carboxylic acids is 1. The van der Waals surface area contributed by atoms with E-state index in [1.165, 1.54) is 15.9 Å². The Morgan fingerprint density at radius 2 is 2.12 bits per heavy atom. The third kappa shape index (κ3) is 3.57. The van der Waals surface area contributed by atoms with E-state index in [0.717, 1.165) is 0 Å². The van der Waals surface area contributed by atoms with Crippen LogP contribution in [-0.4, -0.2) is 67.9 Å². The number of benzene rings is 1. The number of nitrogens with zero attached hydrogens (tertiary/aromatic N) is 5. The van der Waals surface area contributed by atoms with Gasteiger partial charge >= 0.3 is 5.97 Å². The Morgan fingerprint density at radius 1 is 1.33 bits per heavy atom. The van der Waals surface area contributed by atoms with Gasteiger partial charge in [0.25, 0.3) is 5.91 Å². The largest absolute Gasteiger partial charge is 0.480 e. The van der Waals surface area contributed by atoms with Crippen molar-refractivity contribution in [3.63, 3.8) is 0 Å². The highest BCUT2D eigenvalue weighted by atomic mass is 16.5. The van der Waals surface area contributed by atoms with Crippen LogP contribution in [0, 0.1) is 0 Å². The zero-order chi connectivity index (χ0) is 16.9. The lowest BCUT2D eigenvalue weighted by molar-refractivity contribution is -0.138. The van der Waals surface area contributed by atoms with Gasteiger partial charge in [-0.25, -0.2) is 4.68 Å². The minimum atomic E-state index is -1.04. The van der Waals surface area contributed by atoms with Crippen LogP contribution in [0.25, 0.3) is 5.69 Å². The molecule has 0 unspecified atom stereocenters. The molecule has 3 rings (SSSR count). The number of carbonyl (C=O) groups excluding carboxylic acids is 1. The molecule has 0 atom stereocenters. The number of aromatic nitrogens is 4. The smallest absolute Gasteiger partial charge is 0.323 e. The molecule has 2 heterocycles. The van der Waals surface area contributed by atoms with E-state index in [2.05, 4.69) is 15.5 Å². The fraction of sp³-hybridized carbons (Fsp3) is 0.400. The summed E-state index contributed by atoms with van der Waals surface area (Å²) in [7, 11) is 0. The molecule has 0 radical (unpaired) electrons. The van der Waals surface area contributed by atoms with E-state index >= 15 is 0 Å². The topological polar surface area (TPSA) is 110 Å². The normalized spacial score (nSPS) is 15.2. The Hall–Kier alpha value is -2.81. The first-order chi connectivity index (χ1) is 11.6. The molecule has 2 aromatic rings. The fourth-order valence-electron chi connectivity index (χ4n) is 2.74. The summed E-state index contributed by atoms with van der Waals surface area (Å²) in [6.07, 6.45) is 2.69. The molecule has 9 heteroatoms. The van der Waals surface area contributed by atoms with Crippen LogP contribution in [0.4, 0.5) is 0 Å². The van der Waals surface area contributed by atoms with Gasteiger partial charge in [0.05, 0.1) is 5.69 Å². The van der Waals surface area contributed by atoms with Gasteiger partial charge in [-0.3, -0.25) is 9.59 Å². The Kier molecular flexibility index (Phi) is 4.80. The van der Waals surface area contributed by atoms with Crippen LogP contribution in [-0.2, 0) is 9.53 Å². The molecule has 1 saturated heterocycles. The second kappa shape index (κ2) is 7.18. The maximum Gasteiger partial charge on any atom is 0.323 e. The van der Waals surface area contributed by atoms with Crippen LogP contribution >= 0.6 is 0 Å². The molecule has 1 fully saturated rings. The lowest BCUT2D eigenvalue weighted by Crippen LogP contribution is -2.46. The van der Waals surface area contributed by atoms with Crippen molar-refractivity contribution in [3.05, 3.63) is 36.2 Å². The van der Waals surface area contributed by atoms with Crippen LogP contribution < -0.4 is 0 Å². The molecular formula is C15H17N5O4. The third-order valence-corrected chi connectivity index (χ3v) is 3.90. The van der Waals surface area contributed by atoms with Crippen molar-refractivity contribution in [2.45, 2.75) is 18.9 Å². The Morgan fingerprint density at radius 3 is 2.79 bits per heavy atom. The molecule has 1 N–H and O–H groups in total. The van der Waals surface area contributed by atoms with Crippen molar-refractivity contribution in [2.75, 3.05) is 19.8 Å². The van der Waals surface area contributed by atoms with Crippen LogP contribution in [0.1, 0.15) is 23.2 Å². The highest BCUT2D eigenvalue weighted by Gasteiger charge is 2.28. The summed E-state index contributed by atoms with van der Waals surface area (Å²) >= 11 is 0. The molecule has 0 aliphatic carbocycles.